The molecule has 0 aromatic heterocycles. The van der Waals surface area contributed by atoms with E-state index in [1.165, 1.54) is 0 Å². The molecule has 1 rings (SSSR count). The van der Waals surface area contributed by atoms with Crippen LogP contribution in [0.4, 0.5) is 0 Å². The van der Waals surface area contributed by atoms with Gasteiger partial charge in [0, 0.05) is 6.54 Å². The molecule has 0 unspecified atom stereocenters. The first kappa shape index (κ1) is 5.97. The molecule has 0 aliphatic carbocycles. The number of nitrogens with two attached hydrogens (primary N) is 1. The van der Waals surface area contributed by atoms with Crippen molar-refractivity contribution in [3.05, 3.63) is 26.0 Å². The molecule has 9 heavy (non-hydrogen) atoms. The predicted molar refractivity (Wildman–Crippen MR) is 30.9 cm³/mol. The molecule has 0 radical (unpaired) electrons. The zero-order valence-electron chi connectivity index (χ0n) is 4.55. The molecule has 0 fully saturated rings. The summed E-state index contributed by atoms with van der Waals surface area (Å²) in [5.41, 5.74) is 3.55. The van der Waals surface area contributed by atoms with Gasteiger partial charge in [-0.15, -0.1) is 0 Å². The second-order valence-corrected chi connectivity index (χ2v) is 1.69. The lowest BCUT2D eigenvalue weighted by Crippen LogP contribution is -2.35. The fourth-order valence-corrected chi connectivity index (χ4v) is 0.616. The minimum atomic E-state index is -0.824. The van der Waals surface area contributed by atoms with Crippen molar-refractivity contribution in [3.63, 3.8) is 0 Å². The van der Waals surface area contributed by atoms with E-state index >= 15 is 0 Å². The van der Waals surface area contributed by atoms with Crippen molar-refractivity contribution >= 4 is 0 Å². The highest BCUT2D eigenvalue weighted by Crippen LogP contribution is 2.04. The fourth-order valence-electron chi connectivity index (χ4n) is 0.616. The van der Waals surface area contributed by atoms with Gasteiger partial charge in [-0.2, -0.15) is 0 Å². The van der Waals surface area contributed by atoms with Crippen LogP contribution in [0.25, 0.3) is 0 Å². The molecule has 0 bridgehead atoms. The summed E-state index contributed by atoms with van der Waals surface area (Å²) in [6.07, 6.45) is 0. The smallest absolute Gasteiger partial charge is 0.268 e. The van der Waals surface area contributed by atoms with Crippen LogP contribution in [0.15, 0.2) is 9.59 Å². The summed E-state index contributed by atoms with van der Waals surface area (Å²) in [5, 5.41) is 8.58. The van der Waals surface area contributed by atoms with Crippen LogP contribution in [0.1, 0.15) is 5.56 Å². The van der Waals surface area contributed by atoms with Gasteiger partial charge in [0.25, 0.3) is 5.43 Å². The highest BCUT2D eigenvalue weighted by molar-refractivity contribution is 5.37. The Kier molecular flexibility index (Phi) is 1.10. The summed E-state index contributed by atoms with van der Waals surface area (Å²) in [5.74, 6) is -0.470. The van der Waals surface area contributed by atoms with Gasteiger partial charge in [-0.1, -0.05) is 0 Å². The summed E-state index contributed by atoms with van der Waals surface area (Å²) in [6.45, 7) is -0.0591. The molecular weight excluding hydrogens is 122 g/mol. The van der Waals surface area contributed by atoms with Gasteiger partial charge in [0.1, 0.15) is 0 Å². The standard InChI is InChI=1S/C5H5NO3/c6-1-2-3(7)5(9)4(2)8/h7H,1,6H2. The molecule has 0 saturated heterocycles. The van der Waals surface area contributed by atoms with Crippen LogP contribution in [-0.4, -0.2) is 5.11 Å². The average molecular weight is 127 g/mol. The Morgan fingerprint density at radius 1 is 1.33 bits per heavy atom. The Hall–Kier alpha value is -1.16. The van der Waals surface area contributed by atoms with E-state index < -0.39 is 16.6 Å². The van der Waals surface area contributed by atoms with Crippen molar-refractivity contribution in [1.82, 2.24) is 0 Å². The summed E-state index contributed by atoms with van der Waals surface area (Å²) < 4.78 is 0. The first-order valence-electron chi connectivity index (χ1n) is 2.39. The summed E-state index contributed by atoms with van der Waals surface area (Å²) >= 11 is 0. The lowest BCUT2D eigenvalue weighted by Gasteiger charge is -1.98. The lowest BCUT2D eigenvalue weighted by molar-refractivity contribution is 0.454. The van der Waals surface area contributed by atoms with E-state index in [-0.39, 0.29) is 12.1 Å². The molecule has 1 aromatic carbocycles. The van der Waals surface area contributed by atoms with Crippen molar-refractivity contribution in [1.29, 1.82) is 0 Å². The molecule has 1 aromatic rings. The third kappa shape index (κ3) is 0.565. The van der Waals surface area contributed by atoms with Gasteiger partial charge < -0.3 is 10.8 Å². The molecule has 3 N–H and O–H groups in total. The van der Waals surface area contributed by atoms with Crippen LogP contribution in [0.2, 0.25) is 0 Å². The topological polar surface area (TPSA) is 80.4 Å². The zero-order chi connectivity index (χ0) is 7.02. The van der Waals surface area contributed by atoms with E-state index in [2.05, 4.69) is 0 Å². The van der Waals surface area contributed by atoms with Crippen molar-refractivity contribution < 1.29 is 5.11 Å². The highest BCUT2D eigenvalue weighted by Gasteiger charge is 2.17. The molecule has 0 atom stereocenters. The Balaban J connectivity index is 3.25. The van der Waals surface area contributed by atoms with Gasteiger partial charge in [-0.3, -0.25) is 9.59 Å². The van der Waals surface area contributed by atoms with Crippen LogP contribution in [0, 0.1) is 0 Å². The Labute approximate surface area is 50.2 Å². The maximum Gasteiger partial charge on any atom is 0.268 e. The molecule has 0 amide bonds. The number of aromatic hydroxyl groups is 1. The maximum atomic E-state index is 10.4. The molecule has 0 heterocycles. The molecular formula is C5H5NO3. The molecule has 48 valence electrons. The second kappa shape index (κ2) is 1.66. The minimum absolute atomic E-state index is 0.0417. The first-order chi connectivity index (χ1) is 4.18. The van der Waals surface area contributed by atoms with E-state index in [1.54, 1.807) is 0 Å². The van der Waals surface area contributed by atoms with Gasteiger partial charge in [0.15, 0.2) is 5.75 Å². The Morgan fingerprint density at radius 2 is 1.89 bits per heavy atom. The van der Waals surface area contributed by atoms with Crippen molar-refractivity contribution in [2.45, 2.75) is 6.54 Å². The van der Waals surface area contributed by atoms with E-state index in [9.17, 15) is 9.59 Å². The van der Waals surface area contributed by atoms with Crippen LogP contribution < -0.4 is 16.6 Å². The molecule has 0 spiro atoms. The van der Waals surface area contributed by atoms with Gasteiger partial charge >= 0.3 is 0 Å². The van der Waals surface area contributed by atoms with Gasteiger partial charge in [-0.25, -0.2) is 0 Å². The first-order valence-corrected chi connectivity index (χ1v) is 2.39. The fraction of sp³-hybridized carbons (Fsp3) is 0.200. The number of rotatable bonds is 1. The van der Waals surface area contributed by atoms with Crippen LogP contribution in [0.5, 0.6) is 5.75 Å². The minimum Gasteiger partial charge on any atom is -0.504 e. The normalized spacial score (nSPS) is 10.3. The van der Waals surface area contributed by atoms with Crippen molar-refractivity contribution in [2.75, 3.05) is 0 Å². The molecule has 4 heteroatoms. The van der Waals surface area contributed by atoms with Gasteiger partial charge in [-0.05, 0) is 0 Å². The largest absolute Gasteiger partial charge is 0.504 e. The van der Waals surface area contributed by atoms with Crippen molar-refractivity contribution in [2.24, 2.45) is 5.73 Å². The highest BCUT2D eigenvalue weighted by atomic mass is 16.3. The molecule has 4 nitrogen and oxygen atoms in total. The van der Waals surface area contributed by atoms with E-state index in [0.29, 0.717) is 0 Å². The maximum absolute atomic E-state index is 10.4. The SMILES string of the molecule is NCc1c(O)c(=O)c1=O. The zero-order valence-corrected chi connectivity index (χ0v) is 4.55. The third-order valence-electron chi connectivity index (χ3n) is 1.19. The summed E-state index contributed by atoms with van der Waals surface area (Å²) in [4.78, 5) is 20.6. The van der Waals surface area contributed by atoms with Crippen LogP contribution in [0.3, 0.4) is 0 Å². The Bertz CT molecular complexity index is 295. The third-order valence-corrected chi connectivity index (χ3v) is 1.19. The quantitative estimate of drug-likeness (QED) is 0.447. The predicted octanol–water partition coefficient (Wildman–Crippen LogP) is -1.55. The molecule has 0 saturated carbocycles. The molecule has 0 aliphatic rings. The van der Waals surface area contributed by atoms with Gasteiger partial charge in [0.05, 0.1) is 5.56 Å². The van der Waals surface area contributed by atoms with E-state index in [1.807, 2.05) is 0 Å². The number of hydrogen-bond acceptors (Lipinski definition) is 4. The lowest BCUT2D eigenvalue weighted by atomic mass is 10.1. The Morgan fingerprint density at radius 3 is 2.11 bits per heavy atom. The molecule has 0 aliphatic heterocycles. The number of hydrogen-bond donors (Lipinski definition) is 2. The summed E-state index contributed by atoms with van der Waals surface area (Å²) in [7, 11) is 0. The summed E-state index contributed by atoms with van der Waals surface area (Å²) in [6, 6.07) is 0. The van der Waals surface area contributed by atoms with Crippen LogP contribution >= 0.6 is 0 Å². The second-order valence-electron chi connectivity index (χ2n) is 1.69. The van der Waals surface area contributed by atoms with Crippen LogP contribution in [-0.2, 0) is 6.54 Å². The monoisotopic (exact) mass is 127 g/mol. The van der Waals surface area contributed by atoms with E-state index in [4.69, 9.17) is 10.8 Å². The van der Waals surface area contributed by atoms with Crippen molar-refractivity contribution in [3.8, 4) is 5.75 Å². The average Bonchev–Trinajstić information content (AvgIpc) is 1.89. The van der Waals surface area contributed by atoms with E-state index in [0.717, 1.165) is 0 Å². The van der Waals surface area contributed by atoms with Gasteiger partial charge in [0.2, 0.25) is 5.43 Å².